The van der Waals surface area contributed by atoms with E-state index in [4.69, 9.17) is 14.5 Å². The van der Waals surface area contributed by atoms with Crippen molar-refractivity contribution in [3.05, 3.63) is 53.1 Å². The molecule has 1 saturated heterocycles. The average molecular weight is 476 g/mol. The van der Waals surface area contributed by atoms with Crippen molar-refractivity contribution in [2.75, 3.05) is 51.4 Å². The summed E-state index contributed by atoms with van der Waals surface area (Å²) in [6.45, 7) is 9.04. The molecule has 1 aromatic heterocycles. The van der Waals surface area contributed by atoms with Gasteiger partial charge in [0.25, 0.3) is 5.91 Å². The molecule has 0 unspecified atom stereocenters. The van der Waals surface area contributed by atoms with Crippen molar-refractivity contribution in [3.8, 4) is 5.75 Å². The van der Waals surface area contributed by atoms with Crippen LogP contribution in [0, 0.1) is 13.8 Å². The third-order valence-corrected chi connectivity index (χ3v) is 6.70. The fraction of sp³-hybridized carbons (Fsp3) is 0.417. The second-order valence-electron chi connectivity index (χ2n) is 7.91. The molecule has 0 aliphatic carbocycles. The van der Waals surface area contributed by atoms with Crippen LogP contribution in [0.5, 0.6) is 5.75 Å². The third kappa shape index (κ3) is 5.59. The predicted octanol–water partition coefficient (Wildman–Crippen LogP) is 4.71. The maximum Gasteiger partial charge on any atom is 0.260 e. The van der Waals surface area contributed by atoms with E-state index >= 15 is 0 Å². The minimum atomic E-state index is 0. The van der Waals surface area contributed by atoms with Crippen LogP contribution in [0.3, 0.4) is 0 Å². The van der Waals surface area contributed by atoms with Crippen molar-refractivity contribution in [1.82, 2.24) is 9.88 Å². The summed E-state index contributed by atoms with van der Waals surface area (Å²) in [6, 6.07) is 11.9. The van der Waals surface area contributed by atoms with E-state index in [2.05, 4.69) is 4.90 Å². The van der Waals surface area contributed by atoms with E-state index in [0.717, 1.165) is 77.1 Å². The summed E-state index contributed by atoms with van der Waals surface area (Å²) in [6.07, 6.45) is 0.885. The quantitative estimate of drug-likeness (QED) is 0.495. The standard InChI is InChI=1S/C24H29N3O3S.ClH/c1-17-5-6-18(2)20(15-17)23(28)27(10-4-9-26-11-13-30-14-12-26)24-25-21-16-19(29-3)7-8-22(21)31-24;/h5-8,15-16H,4,9-14H2,1-3H3;1H. The van der Waals surface area contributed by atoms with E-state index in [9.17, 15) is 4.79 Å². The van der Waals surface area contributed by atoms with Crippen molar-refractivity contribution in [3.63, 3.8) is 0 Å². The van der Waals surface area contributed by atoms with Crippen LogP contribution < -0.4 is 9.64 Å². The summed E-state index contributed by atoms with van der Waals surface area (Å²) in [5, 5.41) is 0.733. The molecule has 2 aromatic carbocycles. The van der Waals surface area contributed by atoms with Gasteiger partial charge in [-0.1, -0.05) is 29.0 Å². The predicted molar refractivity (Wildman–Crippen MR) is 133 cm³/mol. The maximum atomic E-state index is 13.6. The van der Waals surface area contributed by atoms with Gasteiger partial charge in [0, 0.05) is 37.8 Å². The molecule has 0 spiro atoms. The monoisotopic (exact) mass is 475 g/mol. The Kier molecular flexibility index (Phi) is 8.48. The molecule has 1 fully saturated rings. The number of hydrogen-bond donors (Lipinski definition) is 0. The Morgan fingerprint density at radius 1 is 1.19 bits per heavy atom. The van der Waals surface area contributed by atoms with E-state index in [-0.39, 0.29) is 18.3 Å². The number of morpholine rings is 1. The molecule has 2 heterocycles. The first-order valence-corrected chi connectivity index (χ1v) is 11.5. The average Bonchev–Trinajstić information content (AvgIpc) is 3.21. The molecule has 0 N–H and O–H groups in total. The summed E-state index contributed by atoms with van der Waals surface area (Å²) in [7, 11) is 1.65. The molecule has 6 nitrogen and oxygen atoms in total. The Morgan fingerprint density at radius 3 is 2.72 bits per heavy atom. The second kappa shape index (κ2) is 11.1. The van der Waals surface area contributed by atoms with Crippen molar-refractivity contribution in [2.45, 2.75) is 20.3 Å². The van der Waals surface area contributed by atoms with Gasteiger partial charge in [-0.3, -0.25) is 14.6 Å². The minimum Gasteiger partial charge on any atom is -0.497 e. The molecular weight excluding hydrogens is 446 g/mol. The van der Waals surface area contributed by atoms with Crippen LogP contribution in [-0.4, -0.2) is 62.3 Å². The van der Waals surface area contributed by atoms with Crippen molar-refractivity contribution >= 4 is 45.0 Å². The van der Waals surface area contributed by atoms with Crippen molar-refractivity contribution in [2.24, 2.45) is 0 Å². The lowest BCUT2D eigenvalue weighted by atomic mass is 10.0. The molecule has 8 heteroatoms. The van der Waals surface area contributed by atoms with Crippen LogP contribution >= 0.6 is 23.7 Å². The lowest BCUT2D eigenvalue weighted by Crippen LogP contribution is -2.39. The van der Waals surface area contributed by atoms with Gasteiger partial charge in [-0.05, 0) is 44.0 Å². The zero-order valence-corrected chi connectivity index (χ0v) is 20.4. The lowest BCUT2D eigenvalue weighted by Gasteiger charge is -2.28. The number of carbonyl (C=O) groups is 1. The van der Waals surface area contributed by atoms with Crippen LogP contribution in [0.2, 0.25) is 0 Å². The van der Waals surface area contributed by atoms with Gasteiger partial charge >= 0.3 is 0 Å². The number of rotatable bonds is 7. The molecular formula is C24H30ClN3O3S. The summed E-state index contributed by atoms with van der Waals surface area (Å²) in [5.41, 5.74) is 3.65. The number of carbonyl (C=O) groups excluding carboxylic acids is 1. The van der Waals surface area contributed by atoms with Gasteiger partial charge in [0.15, 0.2) is 5.13 Å². The number of fused-ring (bicyclic) bond motifs is 1. The first-order valence-electron chi connectivity index (χ1n) is 10.7. The van der Waals surface area contributed by atoms with Gasteiger partial charge in [0.2, 0.25) is 0 Å². The van der Waals surface area contributed by atoms with Gasteiger partial charge in [0.1, 0.15) is 5.75 Å². The highest BCUT2D eigenvalue weighted by Gasteiger charge is 2.23. The van der Waals surface area contributed by atoms with Gasteiger partial charge in [-0.15, -0.1) is 12.4 Å². The molecule has 1 aliphatic rings. The van der Waals surface area contributed by atoms with Gasteiger partial charge in [0.05, 0.1) is 30.5 Å². The second-order valence-corrected chi connectivity index (χ2v) is 8.92. The number of aromatic nitrogens is 1. The Labute approximate surface area is 199 Å². The van der Waals surface area contributed by atoms with E-state index < -0.39 is 0 Å². The van der Waals surface area contributed by atoms with Gasteiger partial charge < -0.3 is 9.47 Å². The largest absolute Gasteiger partial charge is 0.497 e. The van der Waals surface area contributed by atoms with Crippen LogP contribution in [-0.2, 0) is 4.74 Å². The number of hydrogen-bond acceptors (Lipinski definition) is 6. The number of halogens is 1. The highest BCUT2D eigenvalue weighted by molar-refractivity contribution is 7.22. The molecule has 1 amide bonds. The number of amides is 1. The molecule has 1 aliphatic heterocycles. The lowest BCUT2D eigenvalue weighted by molar-refractivity contribution is 0.0376. The molecule has 4 rings (SSSR count). The van der Waals surface area contributed by atoms with Crippen LogP contribution in [0.4, 0.5) is 5.13 Å². The van der Waals surface area contributed by atoms with Crippen molar-refractivity contribution in [1.29, 1.82) is 0 Å². The van der Waals surface area contributed by atoms with E-state index in [1.807, 2.05) is 55.1 Å². The fourth-order valence-electron chi connectivity index (χ4n) is 3.81. The van der Waals surface area contributed by atoms with Crippen LogP contribution in [0.15, 0.2) is 36.4 Å². The molecule has 0 atom stereocenters. The van der Waals surface area contributed by atoms with E-state index in [1.54, 1.807) is 18.4 Å². The van der Waals surface area contributed by atoms with E-state index in [1.165, 1.54) is 0 Å². The normalized spacial score (nSPS) is 14.2. The zero-order chi connectivity index (χ0) is 21.8. The number of anilines is 1. The molecule has 0 radical (unpaired) electrons. The summed E-state index contributed by atoms with van der Waals surface area (Å²) >= 11 is 1.55. The topological polar surface area (TPSA) is 54.9 Å². The molecule has 3 aromatic rings. The van der Waals surface area contributed by atoms with E-state index in [0.29, 0.717) is 6.54 Å². The summed E-state index contributed by atoms with van der Waals surface area (Å²) in [4.78, 5) is 22.7. The van der Waals surface area contributed by atoms with Crippen molar-refractivity contribution < 1.29 is 14.3 Å². The summed E-state index contributed by atoms with van der Waals surface area (Å²) in [5.74, 6) is 0.776. The highest BCUT2D eigenvalue weighted by Crippen LogP contribution is 2.32. The SMILES string of the molecule is COc1ccc2sc(N(CCCN3CCOCC3)C(=O)c3cc(C)ccc3C)nc2c1.Cl. The molecule has 0 saturated carbocycles. The Balaban J connectivity index is 0.00000289. The van der Waals surface area contributed by atoms with Crippen LogP contribution in [0.1, 0.15) is 27.9 Å². The minimum absolute atomic E-state index is 0. The summed E-state index contributed by atoms with van der Waals surface area (Å²) < 4.78 is 11.8. The number of methoxy groups -OCH3 is 1. The smallest absolute Gasteiger partial charge is 0.260 e. The Morgan fingerprint density at radius 2 is 1.97 bits per heavy atom. The van der Waals surface area contributed by atoms with Gasteiger partial charge in [-0.2, -0.15) is 0 Å². The molecule has 0 bridgehead atoms. The van der Waals surface area contributed by atoms with Gasteiger partial charge in [-0.25, -0.2) is 4.98 Å². The first kappa shape index (κ1) is 24.5. The highest BCUT2D eigenvalue weighted by atomic mass is 35.5. The number of nitrogens with zero attached hydrogens (tertiary/aromatic N) is 3. The number of aryl methyl sites for hydroxylation is 2. The Hall–Kier alpha value is -2.19. The Bertz CT molecular complexity index is 1070. The molecule has 172 valence electrons. The fourth-order valence-corrected chi connectivity index (χ4v) is 4.78. The maximum absolute atomic E-state index is 13.6. The van der Waals surface area contributed by atoms with Crippen LogP contribution in [0.25, 0.3) is 10.2 Å². The first-order chi connectivity index (χ1) is 15.0. The molecule has 32 heavy (non-hydrogen) atoms. The number of benzene rings is 2. The zero-order valence-electron chi connectivity index (χ0n) is 18.8. The number of ether oxygens (including phenoxy) is 2. The number of thiazole rings is 1. The third-order valence-electron chi connectivity index (χ3n) is 5.64.